The number of nitrogens with one attached hydrogen (secondary N) is 1. The molecule has 0 aromatic rings. The Hall–Kier alpha value is -0.450. The highest BCUT2D eigenvalue weighted by molar-refractivity contribution is 7.98. The molecule has 0 aliphatic heterocycles. The monoisotopic (exact) mass is 351 g/mol. The zero-order valence-corrected chi connectivity index (χ0v) is 18.4. The van der Waals surface area contributed by atoms with Crippen molar-refractivity contribution in [3.63, 3.8) is 0 Å². The molecule has 144 valence electrons. The SMILES string of the molecule is C=C(C)CC.C=C(C)NC.CCC(C)O.CCOC.CCSC. The summed E-state index contributed by atoms with van der Waals surface area (Å²) in [7, 11) is 3.53. The zero-order chi connectivity index (χ0) is 19.7. The fourth-order valence-electron chi connectivity index (χ4n) is 0. The lowest BCUT2D eigenvalue weighted by Crippen LogP contribution is -1.98. The Balaban J connectivity index is -0.0000000589. The highest BCUT2D eigenvalue weighted by Gasteiger charge is 1.81. The third kappa shape index (κ3) is 144. The van der Waals surface area contributed by atoms with Crippen LogP contribution in [0.15, 0.2) is 24.4 Å². The van der Waals surface area contributed by atoms with Crippen LogP contribution in [-0.4, -0.2) is 44.0 Å². The Labute approximate surface area is 152 Å². The van der Waals surface area contributed by atoms with Crippen LogP contribution in [0.3, 0.4) is 0 Å². The van der Waals surface area contributed by atoms with E-state index < -0.39 is 0 Å². The third-order valence-corrected chi connectivity index (χ3v) is 2.78. The summed E-state index contributed by atoms with van der Waals surface area (Å²) in [6.07, 6.45) is 3.95. The lowest BCUT2D eigenvalue weighted by Gasteiger charge is -1.90. The highest BCUT2D eigenvalue weighted by Crippen LogP contribution is 1.88. The van der Waals surface area contributed by atoms with Gasteiger partial charge in [0.15, 0.2) is 0 Å². The molecule has 3 nitrogen and oxygen atoms in total. The Morgan fingerprint density at radius 2 is 1.39 bits per heavy atom. The number of allylic oxidation sites excluding steroid dienone is 2. The van der Waals surface area contributed by atoms with Crippen molar-refractivity contribution >= 4 is 11.8 Å². The second-order valence-corrected chi connectivity index (χ2v) is 5.91. The second-order valence-electron chi connectivity index (χ2n) is 4.75. The van der Waals surface area contributed by atoms with E-state index in [1.54, 1.807) is 14.0 Å². The molecule has 0 aromatic carbocycles. The molecule has 0 spiro atoms. The van der Waals surface area contributed by atoms with Crippen LogP contribution in [0.5, 0.6) is 0 Å². The summed E-state index contributed by atoms with van der Waals surface area (Å²) in [6, 6.07) is 0. The minimum absolute atomic E-state index is 0.116. The number of hydrogen-bond donors (Lipinski definition) is 2. The molecule has 1 atom stereocenters. The molecule has 2 N–H and O–H groups in total. The van der Waals surface area contributed by atoms with Crippen LogP contribution in [0.4, 0.5) is 0 Å². The molecule has 0 rings (SSSR count). The summed E-state index contributed by atoms with van der Waals surface area (Å²) in [6.45, 7) is 21.9. The normalized spacial score (nSPS) is 9.00. The minimum atomic E-state index is -0.116. The number of hydrogen-bond acceptors (Lipinski definition) is 4. The van der Waals surface area contributed by atoms with Crippen LogP contribution in [-0.2, 0) is 4.74 Å². The molecular formula is C19H45NO2S. The van der Waals surface area contributed by atoms with Gasteiger partial charge in [-0.1, -0.05) is 32.9 Å². The molecule has 0 aliphatic rings. The molecular weight excluding hydrogens is 306 g/mol. The summed E-state index contributed by atoms with van der Waals surface area (Å²) in [4.78, 5) is 0. The van der Waals surface area contributed by atoms with Gasteiger partial charge in [0, 0.05) is 20.8 Å². The van der Waals surface area contributed by atoms with Crippen LogP contribution in [0, 0.1) is 0 Å². The van der Waals surface area contributed by atoms with Gasteiger partial charge in [-0.25, -0.2) is 0 Å². The molecule has 0 fully saturated rings. The fraction of sp³-hybridized carbons (Fsp3) is 0.789. The van der Waals surface area contributed by atoms with Gasteiger partial charge >= 0.3 is 0 Å². The first-order valence-electron chi connectivity index (χ1n) is 8.28. The van der Waals surface area contributed by atoms with E-state index in [0.717, 1.165) is 25.1 Å². The van der Waals surface area contributed by atoms with Gasteiger partial charge in [0.2, 0.25) is 0 Å². The van der Waals surface area contributed by atoms with E-state index in [4.69, 9.17) is 5.11 Å². The van der Waals surface area contributed by atoms with Crippen molar-refractivity contribution in [1.82, 2.24) is 5.32 Å². The first-order chi connectivity index (χ1) is 10.6. The second kappa shape index (κ2) is 37.6. The van der Waals surface area contributed by atoms with Crippen LogP contribution in [0.1, 0.15) is 61.3 Å². The van der Waals surface area contributed by atoms with Crippen molar-refractivity contribution in [3.05, 3.63) is 24.4 Å². The lowest BCUT2D eigenvalue weighted by molar-refractivity contribution is 0.191. The predicted octanol–water partition coefficient (Wildman–Crippen LogP) is 5.51. The van der Waals surface area contributed by atoms with E-state index in [1.807, 2.05) is 46.5 Å². The van der Waals surface area contributed by atoms with Crippen LogP contribution < -0.4 is 5.32 Å². The predicted molar refractivity (Wildman–Crippen MR) is 113 cm³/mol. The molecule has 1 unspecified atom stereocenters. The summed E-state index contributed by atoms with van der Waals surface area (Å²) >= 11 is 1.86. The number of aliphatic hydroxyl groups excluding tert-OH is 1. The maximum absolute atomic E-state index is 8.36. The molecule has 23 heavy (non-hydrogen) atoms. The molecule has 0 heterocycles. The minimum Gasteiger partial charge on any atom is -0.393 e. The van der Waals surface area contributed by atoms with Crippen molar-refractivity contribution in [2.45, 2.75) is 67.4 Å². The van der Waals surface area contributed by atoms with Gasteiger partial charge in [0.25, 0.3) is 0 Å². The Morgan fingerprint density at radius 1 is 1.17 bits per heavy atom. The molecule has 0 saturated carbocycles. The molecule has 0 amide bonds. The van der Waals surface area contributed by atoms with E-state index >= 15 is 0 Å². The number of methoxy groups -OCH3 is 1. The number of rotatable bonds is 5. The van der Waals surface area contributed by atoms with Gasteiger partial charge in [0.05, 0.1) is 6.10 Å². The highest BCUT2D eigenvalue weighted by atomic mass is 32.2. The molecule has 0 saturated heterocycles. The van der Waals surface area contributed by atoms with Crippen molar-refractivity contribution in [2.24, 2.45) is 0 Å². The number of thioether (sulfide) groups is 1. The van der Waals surface area contributed by atoms with Crippen molar-refractivity contribution in [2.75, 3.05) is 32.8 Å². The van der Waals surface area contributed by atoms with E-state index in [-0.39, 0.29) is 6.10 Å². The van der Waals surface area contributed by atoms with Crippen molar-refractivity contribution < 1.29 is 9.84 Å². The third-order valence-electron chi connectivity index (χ3n) is 2.20. The van der Waals surface area contributed by atoms with Gasteiger partial charge < -0.3 is 15.2 Å². The van der Waals surface area contributed by atoms with E-state index in [0.29, 0.717) is 0 Å². The van der Waals surface area contributed by atoms with E-state index in [1.165, 1.54) is 11.3 Å². The maximum atomic E-state index is 8.36. The molecule has 0 radical (unpaired) electrons. The molecule has 4 heteroatoms. The van der Waals surface area contributed by atoms with E-state index in [2.05, 4.69) is 43.3 Å². The maximum Gasteiger partial charge on any atom is 0.0509 e. The van der Waals surface area contributed by atoms with Crippen LogP contribution in [0.2, 0.25) is 0 Å². The van der Waals surface area contributed by atoms with Gasteiger partial charge in [0.1, 0.15) is 0 Å². The van der Waals surface area contributed by atoms with Crippen molar-refractivity contribution in [1.29, 1.82) is 0 Å². The summed E-state index contributed by atoms with van der Waals surface area (Å²) < 4.78 is 4.54. The zero-order valence-electron chi connectivity index (χ0n) is 17.6. The van der Waals surface area contributed by atoms with Crippen LogP contribution in [0.25, 0.3) is 0 Å². The smallest absolute Gasteiger partial charge is 0.0509 e. The Bertz CT molecular complexity index is 186. The first-order valence-corrected chi connectivity index (χ1v) is 9.67. The van der Waals surface area contributed by atoms with E-state index in [9.17, 15) is 0 Å². The molecule has 0 aromatic heterocycles. The standard InChI is InChI=1S/C5H10.C4H9N.C4H10O.C3H8O.C3H8S/c1-4-5(2)3;1-4(2)5-3;1-3-4(2)5;2*1-3-4-2/h2,4H2,1,3H3;5H,1H2,2-3H3;4-5H,3H2,1-2H3;2*3H2,1-2H3. The summed E-state index contributed by atoms with van der Waals surface area (Å²) in [5.74, 6) is 1.24. The van der Waals surface area contributed by atoms with Gasteiger partial charge in [-0.2, -0.15) is 11.8 Å². The van der Waals surface area contributed by atoms with Gasteiger partial charge in [-0.15, -0.1) is 6.58 Å². The molecule has 0 bridgehead atoms. The molecule has 0 aliphatic carbocycles. The number of aliphatic hydroxyl groups is 1. The average molecular weight is 352 g/mol. The fourth-order valence-corrected chi connectivity index (χ4v) is 0. The van der Waals surface area contributed by atoms with Crippen LogP contribution >= 0.6 is 11.8 Å². The lowest BCUT2D eigenvalue weighted by atomic mass is 10.3. The number of ether oxygens (including phenoxy) is 1. The largest absolute Gasteiger partial charge is 0.393 e. The quantitative estimate of drug-likeness (QED) is 0.641. The summed E-state index contributed by atoms with van der Waals surface area (Å²) in [5, 5.41) is 11.2. The van der Waals surface area contributed by atoms with Gasteiger partial charge in [-0.05, 0) is 58.2 Å². The summed E-state index contributed by atoms with van der Waals surface area (Å²) in [5.41, 5.74) is 2.26. The van der Waals surface area contributed by atoms with Crippen molar-refractivity contribution in [3.8, 4) is 0 Å². The van der Waals surface area contributed by atoms with Gasteiger partial charge in [-0.3, -0.25) is 0 Å². The Kier molecular flexibility index (Phi) is 55.6. The topological polar surface area (TPSA) is 41.5 Å². The average Bonchev–Trinajstić information content (AvgIpc) is 2.56. The first kappa shape index (κ1) is 34.0. The Morgan fingerprint density at radius 3 is 1.39 bits per heavy atom.